The molecule has 2 rings (SSSR count). The third-order valence-electron chi connectivity index (χ3n) is 2.49. The molecule has 7 heteroatoms. The van der Waals surface area contributed by atoms with Crippen LogP contribution in [-0.4, -0.2) is 19.9 Å². The van der Waals surface area contributed by atoms with Crippen molar-refractivity contribution in [2.24, 2.45) is 0 Å². The monoisotopic (exact) mass is 243 g/mol. The average Bonchev–Trinajstić information content (AvgIpc) is 2.81. The van der Waals surface area contributed by atoms with E-state index >= 15 is 0 Å². The molecular weight excluding hydrogens is 234 g/mol. The number of nitrogens with zero attached hydrogens (tertiary/aromatic N) is 5. The third-order valence-corrected chi connectivity index (χ3v) is 2.49. The van der Waals surface area contributed by atoms with E-state index in [1.165, 1.54) is 16.8 Å². The maximum absolute atomic E-state index is 10.7. The van der Waals surface area contributed by atoms with Crippen molar-refractivity contribution in [2.75, 3.05) is 0 Å². The van der Waals surface area contributed by atoms with Crippen molar-refractivity contribution >= 4 is 5.69 Å². The highest BCUT2D eigenvalue weighted by Crippen LogP contribution is 2.18. The van der Waals surface area contributed by atoms with Crippen molar-refractivity contribution in [3.8, 4) is 11.8 Å². The van der Waals surface area contributed by atoms with Crippen molar-refractivity contribution in [2.45, 2.75) is 13.3 Å². The summed E-state index contributed by atoms with van der Waals surface area (Å²) < 4.78 is 1.45. The summed E-state index contributed by atoms with van der Waals surface area (Å²) in [6.07, 6.45) is 0.568. The summed E-state index contributed by atoms with van der Waals surface area (Å²) in [6.45, 7) is 1.87. The first-order valence-corrected chi connectivity index (χ1v) is 5.27. The van der Waals surface area contributed by atoms with Crippen LogP contribution < -0.4 is 0 Å². The molecule has 7 nitrogen and oxygen atoms in total. The van der Waals surface area contributed by atoms with E-state index in [0.29, 0.717) is 17.8 Å². The summed E-state index contributed by atoms with van der Waals surface area (Å²) in [6, 6.07) is 8.00. The Morgan fingerprint density at radius 1 is 1.56 bits per heavy atom. The fourth-order valence-electron chi connectivity index (χ4n) is 1.65. The Morgan fingerprint density at radius 2 is 2.33 bits per heavy atom. The van der Waals surface area contributed by atoms with Gasteiger partial charge in [0.15, 0.2) is 5.69 Å². The standard InChI is InChI=1S/C11H9N5O2/c1-2-11-10(7-12)13-14-15(11)8-4-3-5-9(6-8)16(17)18/h3-6H,2H2,1H3. The van der Waals surface area contributed by atoms with Gasteiger partial charge in [0.05, 0.1) is 16.3 Å². The van der Waals surface area contributed by atoms with Crippen LogP contribution in [-0.2, 0) is 6.42 Å². The van der Waals surface area contributed by atoms with Crippen molar-refractivity contribution in [1.82, 2.24) is 15.0 Å². The van der Waals surface area contributed by atoms with Crippen LogP contribution in [0.3, 0.4) is 0 Å². The molecule has 0 saturated carbocycles. The van der Waals surface area contributed by atoms with Gasteiger partial charge in [-0.1, -0.05) is 18.2 Å². The van der Waals surface area contributed by atoms with Gasteiger partial charge in [-0.05, 0) is 12.5 Å². The molecule has 0 atom stereocenters. The van der Waals surface area contributed by atoms with E-state index in [4.69, 9.17) is 5.26 Å². The summed E-state index contributed by atoms with van der Waals surface area (Å²) in [7, 11) is 0. The third kappa shape index (κ3) is 1.91. The Labute approximate surface area is 102 Å². The highest BCUT2D eigenvalue weighted by atomic mass is 16.6. The molecule has 0 saturated heterocycles. The minimum absolute atomic E-state index is 0.0245. The summed E-state index contributed by atoms with van der Waals surface area (Å²) in [5.41, 5.74) is 1.38. The van der Waals surface area contributed by atoms with Crippen LogP contribution in [0.15, 0.2) is 24.3 Å². The molecule has 0 spiro atoms. The largest absolute Gasteiger partial charge is 0.271 e. The van der Waals surface area contributed by atoms with E-state index in [9.17, 15) is 10.1 Å². The minimum atomic E-state index is -0.475. The molecule has 1 heterocycles. The average molecular weight is 243 g/mol. The molecule has 90 valence electrons. The lowest BCUT2D eigenvalue weighted by atomic mass is 10.2. The lowest BCUT2D eigenvalue weighted by molar-refractivity contribution is -0.384. The second kappa shape index (κ2) is 4.63. The number of non-ortho nitro benzene ring substituents is 1. The summed E-state index contributed by atoms with van der Waals surface area (Å²) in [5, 5.41) is 27.2. The van der Waals surface area contributed by atoms with Crippen molar-refractivity contribution in [1.29, 1.82) is 5.26 Å². The van der Waals surface area contributed by atoms with E-state index in [1.807, 2.05) is 13.0 Å². The van der Waals surface area contributed by atoms with Gasteiger partial charge in [-0.3, -0.25) is 10.1 Å². The lowest BCUT2D eigenvalue weighted by Gasteiger charge is -2.03. The topological polar surface area (TPSA) is 97.6 Å². The maximum Gasteiger partial charge on any atom is 0.271 e. The summed E-state index contributed by atoms with van der Waals surface area (Å²) in [4.78, 5) is 10.2. The van der Waals surface area contributed by atoms with Gasteiger partial charge >= 0.3 is 0 Å². The SMILES string of the molecule is CCc1c(C#N)nnn1-c1cccc([N+](=O)[O-])c1. The molecule has 2 aromatic rings. The van der Waals surface area contributed by atoms with E-state index in [2.05, 4.69) is 10.3 Å². The van der Waals surface area contributed by atoms with Gasteiger partial charge in [-0.15, -0.1) is 5.10 Å². The summed E-state index contributed by atoms with van der Waals surface area (Å²) >= 11 is 0. The summed E-state index contributed by atoms with van der Waals surface area (Å²) in [5.74, 6) is 0. The van der Waals surface area contributed by atoms with Crippen LogP contribution in [0.5, 0.6) is 0 Å². The molecule has 0 aliphatic carbocycles. The maximum atomic E-state index is 10.7. The second-order valence-corrected chi connectivity index (χ2v) is 3.54. The predicted octanol–water partition coefficient (Wildman–Crippen LogP) is 1.61. The molecule has 0 amide bonds. The Kier molecular flexibility index (Phi) is 3.02. The van der Waals surface area contributed by atoms with E-state index in [-0.39, 0.29) is 11.4 Å². The van der Waals surface area contributed by atoms with Gasteiger partial charge in [0.2, 0.25) is 0 Å². The molecule has 0 fully saturated rings. The zero-order chi connectivity index (χ0) is 13.1. The van der Waals surface area contributed by atoms with E-state index in [0.717, 1.165) is 0 Å². The van der Waals surface area contributed by atoms with Crippen molar-refractivity contribution < 1.29 is 4.92 Å². The van der Waals surface area contributed by atoms with Gasteiger partial charge in [0, 0.05) is 12.1 Å². The number of benzene rings is 1. The second-order valence-electron chi connectivity index (χ2n) is 3.54. The highest BCUT2D eigenvalue weighted by molar-refractivity contribution is 5.44. The molecule has 0 unspecified atom stereocenters. The fourth-order valence-corrected chi connectivity index (χ4v) is 1.65. The van der Waals surface area contributed by atoms with Crippen LogP contribution in [0.4, 0.5) is 5.69 Å². The van der Waals surface area contributed by atoms with E-state index < -0.39 is 4.92 Å². The Morgan fingerprint density at radius 3 is 2.94 bits per heavy atom. The fraction of sp³-hybridized carbons (Fsp3) is 0.182. The van der Waals surface area contributed by atoms with Crippen molar-refractivity contribution in [3.05, 3.63) is 45.8 Å². The zero-order valence-electron chi connectivity index (χ0n) is 9.57. The van der Waals surface area contributed by atoms with Gasteiger partial charge in [0.1, 0.15) is 6.07 Å². The van der Waals surface area contributed by atoms with Crippen LogP contribution in [0, 0.1) is 21.4 Å². The quantitative estimate of drug-likeness (QED) is 0.602. The van der Waals surface area contributed by atoms with Crippen LogP contribution in [0.25, 0.3) is 5.69 Å². The Balaban J connectivity index is 2.56. The molecule has 0 bridgehead atoms. The normalized spacial score (nSPS) is 10.0. The molecule has 0 N–H and O–H groups in total. The number of nitriles is 1. The first-order chi connectivity index (χ1) is 8.67. The van der Waals surface area contributed by atoms with Gasteiger partial charge in [0.25, 0.3) is 5.69 Å². The number of aromatic nitrogens is 3. The van der Waals surface area contributed by atoms with Gasteiger partial charge < -0.3 is 0 Å². The number of hydrogen-bond acceptors (Lipinski definition) is 5. The van der Waals surface area contributed by atoms with Crippen LogP contribution in [0.1, 0.15) is 18.3 Å². The lowest BCUT2D eigenvalue weighted by Crippen LogP contribution is -2.02. The predicted molar refractivity (Wildman–Crippen MR) is 62.1 cm³/mol. The molecule has 18 heavy (non-hydrogen) atoms. The molecule has 1 aromatic heterocycles. The molecule has 1 aromatic carbocycles. The molecule has 0 aliphatic heterocycles. The number of rotatable bonds is 3. The Hall–Kier alpha value is -2.75. The number of hydrogen-bond donors (Lipinski definition) is 0. The van der Waals surface area contributed by atoms with Gasteiger partial charge in [-0.25, -0.2) is 4.68 Å². The first kappa shape index (κ1) is 11.7. The van der Waals surface area contributed by atoms with E-state index in [1.54, 1.807) is 12.1 Å². The molecule has 0 aliphatic rings. The Bertz CT molecular complexity index is 641. The van der Waals surface area contributed by atoms with Crippen molar-refractivity contribution in [3.63, 3.8) is 0 Å². The van der Waals surface area contributed by atoms with Crippen LogP contribution in [0.2, 0.25) is 0 Å². The highest BCUT2D eigenvalue weighted by Gasteiger charge is 2.14. The minimum Gasteiger partial charge on any atom is -0.258 e. The zero-order valence-corrected chi connectivity index (χ0v) is 9.57. The number of nitro benzene ring substituents is 1. The van der Waals surface area contributed by atoms with Gasteiger partial charge in [-0.2, -0.15) is 5.26 Å². The van der Waals surface area contributed by atoms with Crippen LogP contribution >= 0.6 is 0 Å². The molecule has 0 radical (unpaired) electrons. The smallest absolute Gasteiger partial charge is 0.258 e. The number of nitro groups is 1. The molecular formula is C11H9N5O2. The first-order valence-electron chi connectivity index (χ1n) is 5.27.